The maximum Gasteiger partial charge on any atom is 0.293 e. The Morgan fingerprint density at radius 2 is 1.84 bits per heavy atom. The molecule has 0 radical (unpaired) electrons. The number of sulfonamides is 1. The Labute approximate surface area is 181 Å². The van der Waals surface area contributed by atoms with Crippen molar-refractivity contribution >= 4 is 33.0 Å². The van der Waals surface area contributed by atoms with Gasteiger partial charge in [0.05, 0.1) is 9.82 Å². The summed E-state index contributed by atoms with van der Waals surface area (Å²) in [5, 5.41) is 17.2. The van der Waals surface area contributed by atoms with Gasteiger partial charge in [-0.25, -0.2) is 8.42 Å². The second kappa shape index (κ2) is 9.03. The largest absolute Gasteiger partial charge is 0.377 e. The van der Waals surface area contributed by atoms with E-state index in [-0.39, 0.29) is 22.2 Å². The zero-order valence-electron chi connectivity index (χ0n) is 17.7. The molecule has 166 valence electrons. The molecule has 10 heteroatoms. The number of nitrogens with zero attached hydrogens (tertiary/aromatic N) is 2. The first-order valence-electron chi connectivity index (χ1n) is 10.1. The van der Waals surface area contributed by atoms with Crippen molar-refractivity contribution in [1.82, 2.24) is 4.31 Å². The van der Waals surface area contributed by atoms with Crippen LogP contribution in [-0.4, -0.2) is 42.7 Å². The molecule has 1 saturated carbocycles. The van der Waals surface area contributed by atoms with Gasteiger partial charge in [0.1, 0.15) is 5.69 Å². The van der Waals surface area contributed by atoms with Crippen LogP contribution in [-0.2, 0) is 10.0 Å². The molecule has 2 aromatic carbocycles. The van der Waals surface area contributed by atoms with Crippen LogP contribution in [0, 0.1) is 17.0 Å². The summed E-state index contributed by atoms with van der Waals surface area (Å²) in [6, 6.07) is 9.13. The monoisotopic (exact) mass is 446 g/mol. The minimum Gasteiger partial charge on any atom is -0.377 e. The normalized spacial score (nSPS) is 13.8. The van der Waals surface area contributed by atoms with Gasteiger partial charge in [-0.15, -0.1) is 0 Å². The molecule has 0 saturated heterocycles. The summed E-state index contributed by atoms with van der Waals surface area (Å²) in [7, 11) is -3.70. The maximum atomic E-state index is 12.9. The average Bonchev–Trinajstić information content (AvgIpc) is 3.54. The summed E-state index contributed by atoms with van der Waals surface area (Å²) in [6.45, 7) is 5.88. The van der Waals surface area contributed by atoms with Crippen LogP contribution in [0.15, 0.2) is 41.3 Å². The smallest absolute Gasteiger partial charge is 0.293 e. The van der Waals surface area contributed by atoms with E-state index in [1.165, 1.54) is 28.6 Å². The minimum atomic E-state index is -3.70. The predicted molar refractivity (Wildman–Crippen MR) is 119 cm³/mol. The molecule has 0 atom stereocenters. The van der Waals surface area contributed by atoms with E-state index in [1.807, 2.05) is 0 Å². The van der Waals surface area contributed by atoms with Gasteiger partial charge < -0.3 is 10.6 Å². The van der Waals surface area contributed by atoms with Crippen LogP contribution in [0.4, 0.5) is 17.1 Å². The summed E-state index contributed by atoms with van der Waals surface area (Å²) in [6.07, 6.45) is 1.93. The van der Waals surface area contributed by atoms with Crippen LogP contribution in [0.2, 0.25) is 0 Å². The molecule has 1 aliphatic carbocycles. The molecule has 2 N–H and O–H groups in total. The molecule has 1 amide bonds. The Kier molecular flexibility index (Phi) is 6.61. The number of carbonyl (C=O) groups is 1. The lowest BCUT2D eigenvalue weighted by Crippen LogP contribution is -2.31. The highest BCUT2D eigenvalue weighted by Gasteiger charge is 2.26. The van der Waals surface area contributed by atoms with E-state index in [0.717, 1.165) is 12.8 Å². The molecule has 2 aromatic rings. The fourth-order valence-corrected chi connectivity index (χ4v) is 4.96. The summed E-state index contributed by atoms with van der Waals surface area (Å²) < 4.78 is 27.2. The minimum absolute atomic E-state index is 0.113. The molecular formula is C21H26N4O5S. The van der Waals surface area contributed by atoms with E-state index >= 15 is 0 Å². The lowest BCUT2D eigenvalue weighted by Gasteiger charge is -2.20. The van der Waals surface area contributed by atoms with Crippen molar-refractivity contribution in [2.45, 2.75) is 44.6 Å². The van der Waals surface area contributed by atoms with Crippen molar-refractivity contribution in [3.63, 3.8) is 0 Å². The number of hydrogen-bond donors (Lipinski definition) is 2. The van der Waals surface area contributed by atoms with E-state index in [9.17, 15) is 23.3 Å². The molecule has 0 unspecified atom stereocenters. The number of rotatable bonds is 9. The summed E-state index contributed by atoms with van der Waals surface area (Å²) >= 11 is 0. The Balaban J connectivity index is 1.87. The number of anilines is 2. The Morgan fingerprint density at radius 3 is 2.42 bits per heavy atom. The number of nitro benzene ring substituents is 1. The molecule has 0 heterocycles. The van der Waals surface area contributed by atoms with Gasteiger partial charge in [-0.05, 0) is 49.6 Å². The van der Waals surface area contributed by atoms with E-state index in [1.54, 1.807) is 32.9 Å². The first-order valence-corrected chi connectivity index (χ1v) is 11.6. The van der Waals surface area contributed by atoms with Gasteiger partial charge in [-0.1, -0.05) is 19.9 Å². The molecule has 3 rings (SSSR count). The molecule has 1 fully saturated rings. The Bertz CT molecular complexity index is 1110. The Morgan fingerprint density at radius 1 is 1.16 bits per heavy atom. The molecule has 31 heavy (non-hydrogen) atoms. The third-order valence-corrected chi connectivity index (χ3v) is 7.35. The van der Waals surface area contributed by atoms with E-state index in [4.69, 9.17) is 0 Å². The van der Waals surface area contributed by atoms with Crippen LogP contribution < -0.4 is 10.6 Å². The van der Waals surface area contributed by atoms with Gasteiger partial charge in [0.15, 0.2) is 0 Å². The van der Waals surface area contributed by atoms with Gasteiger partial charge in [0, 0.05) is 36.4 Å². The van der Waals surface area contributed by atoms with E-state index < -0.39 is 20.9 Å². The van der Waals surface area contributed by atoms with Crippen molar-refractivity contribution in [3.05, 3.63) is 57.6 Å². The van der Waals surface area contributed by atoms with E-state index in [0.29, 0.717) is 30.0 Å². The second-order valence-corrected chi connectivity index (χ2v) is 9.34. The molecule has 1 aliphatic rings. The fourth-order valence-electron chi connectivity index (χ4n) is 3.26. The number of nitro groups is 1. The zero-order chi connectivity index (χ0) is 22.8. The average molecular weight is 447 g/mol. The first kappa shape index (κ1) is 22.7. The maximum absolute atomic E-state index is 12.9. The summed E-state index contributed by atoms with van der Waals surface area (Å²) in [5.74, 6) is -0.559. The highest BCUT2D eigenvalue weighted by molar-refractivity contribution is 7.89. The van der Waals surface area contributed by atoms with Crippen LogP contribution >= 0.6 is 0 Å². The lowest BCUT2D eigenvalue weighted by molar-refractivity contribution is -0.384. The molecule has 0 aliphatic heterocycles. The van der Waals surface area contributed by atoms with Crippen LogP contribution in [0.3, 0.4) is 0 Å². The summed E-state index contributed by atoms with van der Waals surface area (Å²) in [5.41, 5.74) is 1.18. The van der Waals surface area contributed by atoms with Crippen molar-refractivity contribution < 1.29 is 18.1 Å². The number of nitrogens with one attached hydrogen (secondary N) is 2. The number of carbonyl (C=O) groups excluding carboxylic acids is 1. The number of hydrogen-bond acceptors (Lipinski definition) is 6. The quantitative estimate of drug-likeness (QED) is 0.447. The number of amides is 1. The third kappa shape index (κ3) is 5.02. The highest BCUT2D eigenvalue weighted by atomic mass is 32.2. The first-order chi connectivity index (χ1) is 14.7. The van der Waals surface area contributed by atoms with Crippen LogP contribution in [0.5, 0.6) is 0 Å². The van der Waals surface area contributed by atoms with Gasteiger partial charge in [0.25, 0.3) is 11.6 Å². The fraction of sp³-hybridized carbons (Fsp3) is 0.381. The highest BCUT2D eigenvalue weighted by Crippen LogP contribution is 2.32. The standard InChI is InChI=1S/C21H26N4O5S/c1-4-24(5-2)31(29,30)20-13-17(8-6-14(20)3)23-21(26)15-7-11-18(22-16-9-10-16)19(12-15)25(27)28/h6-8,11-13,16,22H,4-5,9-10H2,1-3H3,(H,23,26). The second-order valence-electron chi connectivity index (χ2n) is 7.43. The molecule has 9 nitrogen and oxygen atoms in total. The third-order valence-electron chi connectivity index (χ3n) is 5.16. The summed E-state index contributed by atoms with van der Waals surface area (Å²) in [4.78, 5) is 23.7. The SMILES string of the molecule is CCN(CC)S(=O)(=O)c1cc(NC(=O)c2ccc(NC3CC3)c([N+](=O)[O-])c2)ccc1C. The number of benzene rings is 2. The van der Waals surface area contributed by atoms with E-state index in [2.05, 4.69) is 10.6 Å². The lowest BCUT2D eigenvalue weighted by atomic mass is 10.1. The molecule has 0 aromatic heterocycles. The van der Waals surface area contributed by atoms with Gasteiger partial charge in [0.2, 0.25) is 10.0 Å². The number of aryl methyl sites for hydroxylation is 1. The molecular weight excluding hydrogens is 420 g/mol. The van der Waals surface area contributed by atoms with Crippen LogP contribution in [0.25, 0.3) is 0 Å². The van der Waals surface area contributed by atoms with Crippen molar-refractivity contribution in [2.24, 2.45) is 0 Å². The van der Waals surface area contributed by atoms with Gasteiger partial charge in [-0.2, -0.15) is 4.31 Å². The Hall–Kier alpha value is -2.98. The zero-order valence-corrected chi connectivity index (χ0v) is 18.5. The van der Waals surface area contributed by atoms with Gasteiger partial charge in [-0.3, -0.25) is 14.9 Å². The predicted octanol–water partition coefficient (Wildman–Crippen LogP) is 3.76. The van der Waals surface area contributed by atoms with Crippen LogP contribution in [0.1, 0.15) is 42.6 Å². The van der Waals surface area contributed by atoms with Gasteiger partial charge >= 0.3 is 0 Å². The van der Waals surface area contributed by atoms with Crippen molar-refractivity contribution in [1.29, 1.82) is 0 Å². The topological polar surface area (TPSA) is 122 Å². The molecule has 0 spiro atoms. The molecule has 0 bridgehead atoms. The van der Waals surface area contributed by atoms with Crippen molar-refractivity contribution in [2.75, 3.05) is 23.7 Å². The van der Waals surface area contributed by atoms with Crippen molar-refractivity contribution in [3.8, 4) is 0 Å².